The normalized spacial score (nSPS) is 14.7. The van der Waals surface area contributed by atoms with Crippen molar-refractivity contribution in [3.05, 3.63) is 0 Å². The summed E-state index contributed by atoms with van der Waals surface area (Å²) < 4.78 is 4.83. The number of hydrogen-bond donors (Lipinski definition) is 0. The maximum atomic E-state index is 10.5. The van der Waals surface area contributed by atoms with Gasteiger partial charge in [0, 0.05) is 13.3 Å². The fourth-order valence-electron chi connectivity index (χ4n) is 0.924. The van der Waals surface area contributed by atoms with E-state index in [1.807, 2.05) is 13.0 Å². The largest absolute Gasteiger partial charge is 0.444 e. The molecule has 0 rings (SSSR count). The first kappa shape index (κ1) is 9.96. The molecule has 1 unspecified atom stereocenters. The molecule has 0 aliphatic carbocycles. The lowest BCUT2D eigenvalue weighted by molar-refractivity contribution is -0.150. The number of carbonyl (C=O) groups is 1. The fourth-order valence-corrected chi connectivity index (χ4v) is 0.924. The molecule has 0 fully saturated rings. The highest BCUT2D eigenvalue weighted by molar-refractivity contribution is 5.66. The summed E-state index contributed by atoms with van der Waals surface area (Å²) in [7, 11) is 0. The Hall–Kier alpha value is -1.04. The lowest BCUT2D eigenvalue weighted by Crippen LogP contribution is -2.28. The number of hydrogen-bond acceptors (Lipinski definition) is 3. The Morgan fingerprint density at radius 3 is 2.55 bits per heavy atom. The van der Waals surface area contributed by atoms with E-state index in [-0.39, 0.29) is 0 Å². The van der Waals surface area contributed by atoms with E-state index in [9.17, 15) is 4.79 Å². The van der Waals surface area contributed by atoms with Gasteiger partial charge in [0.1, 0.15) is 6.07 Å². The van der Waals surface area contributed by atoms with Gasteiger partial charge in [0.2, 0.25) is 0 Å². The molecule has 1 atom stereocenters. The van der Waals surface area contributed by atoms with Crippen LogP contribution < -0.4 is 0 Å². The molecule has 0 aliphatic rings. The second-order valence-corrected chi connectivity index (χ2v) is 2.69. The van der Waals surface area contributed by atoms with E-state index in [2.05, 4.69) is 0 Å². The molecule has 0 aromatic heterocycles. The molecule has 0 radical (unpaired) electrons. The first-order valence-corrected chi connectivity index (χ1v) is 3.65. The summed E-state index contributed by atoms with van der Waals surface area (Å²) in [5.74, 6) is -0.400. The van der Waals surface area contributed by atoms with Crippen molar-refractivity contribution in [3.63, 3.8) is 0 Å². The first-order chi connectivity index (χ1) is 5.04. The van der Waals surface area contributed by atoms with Gasteiger partial charge in [-0.1, -0.05) is 13.3 Å². The highest BCUT2D eigenvalue weighted by Gasteiger charge is 2.25. The van der Waals surface area contributed by atoms with Crippen molar-refractivity contribution >= 4 is 5.97 Å². The van der Waals surface area contributed by atoms with E-state index in [0.29, 0.717) is 6.42 Å². The van der Waals surface area contributed by atoms with Crippen LogP contribution >= 0.6 is 0 Å². The van der Waals surface area contributed by atoms with Crippen molar-refractivity contribution in [2.45, 2.75) is 39.2 Å². The van der Waals surface area contributed by atoms with Gasteiger partial charge in [0.05, 0.1) is 0 Å². The second-order valence-electron chi connectivity index (χ2n) is 2.69. The smallest absolute Gasteiger partial charge is 0.304 e. The number of rotatable bonds is 3. The van der Waals surface area contributed by atoms with Crippen LogP contribution in [0, 0.1) is 11.3 Å². The van der Waals surface area contributed by atoms with Crippen LogP contribution in [-0.4, -0.2) is 11.6 Å². The van der Waals surface area contributed by atoms with Crippen molar-refractivity contribution in [1.29, 1.82) is 5.26 Å². The Kier molecular flexibility index (Phi) is 3.59. The van der Waals surface area contributed by atoms with Crippen LogP contribution in [-0.2, 0) is 9.53 Å². The van der Waals surface area contributed by atoms with Gasteiger partial charge < -0.3 is 4.74 Å². The van der Waals surface area contributed by atoms with Crippen LogP contribution in [0.5, 0.6) is 0 Å². The Morgan fingerprint density at radius 2 is 2.27 bits per heavy atom. The van der Waals surface area contributed by atoms with E-state index < -0.39 is 11.6 Å². The average Bonchev–Trinajstić information content (AvgIpc) is 1.87. The number of esters is 1. The SMILES string of the molecule is CCCC(C)(C#N)OC(C)=O. The molecule has 0 saturated carbocycles. The van der Waals surface area contributed by atoms with Gasteiger partial charge in [-0.05, 0) is 6.92 Å². The van der Waals surface area contributed by atoms with Crippen LogP contribution in [0.15, 0.2) is 0 Å². The van der Waals surface area contributed by atoms with Gasteiger partial charge in [-0.15, -0.1) is 0 Å². The summed E-state index contributed by atoms with van der Waals surface area (Å²) in [5, 5.41) is 8.64. The van der Waals surface area contributed by atoms with Gasteiger partial charge in [-0.2, -0.15) is 5.26 Å². The standard InChI is InChI=1S/C8H13NO2/c1-4-5-8(3,6-9)11-7(2)10/h4-5H2,1-3H3. The van der Waals surface area contributed by atoms with Crippen molar-refractivity contribution in [2.75, 3.05) is 0 Å². The van der Waals surface area contributed by atoms with Crippen LogP contribution in [0.25, 0.3) is 0 Å². The van der Waals surface area contributed by atoms with E-state index in [1.165, 1.54) is 6.92 Å². The number of nitrogens with zero attached hydrogens (tertiary/aromatic N) is 1. The predicted molar refractivity (Wildman–Crippen MR) is 40.7 cm³/mol. The molecule has 0 N–H and O–H groups in total. The molecule has 0 aromatic carbocycles. The topological polar surface area (TPSA) is 50.1 Å². The molecule has 0 saturated heterocycles. The monoisotopic (exact) mass is 155 g/mol. The molecule has 3 nitrogen and oxygen atoms in total. The molecule has 0 heterocycles. The highest BCUT2D eigenvalue weighted by atomic mass is 16.6. The minimum atomic E-state index is -0.930. The minimum absolute atomic E-state index is 0.400. The summed E-state index contributed by atoms with van der Waals surface area (Å²) >= 11 is 0. The molecule has 0 bridgehead atoms. The lowest BCUT2D eigenvalue weighted by atomic mass is 10.0. The number of carbonyl (C=O) groups excluding carboxylic acids is 1. The van der Waals surface area contributed by atoms with E-state index in [1.54, 1.807) is 6.92 Å². The Bertz CT molecular complexity index is 183. The van der Waals surface area contributed by atoms with Crippen molar-refractivity contribution in [3.8, 4) is 6.07 Å². The van der Waals surface area contributed by atoms with Gasteiger partial charge in [-0.25, -0.2) is 0 Å². The van der Waals surface area contributed by atoms with Crippen LogP contribution in [0.1, 0.15) is 33.6 Å². The molecule has 0 aromatic rings. The maximum Gasteiger partial charge on any atom is 0.304 e. The Balaban J connectivity index is 4.13. The van der Waals surface area contributed by atoms with Crippen molar-refractivity contribution in [1.82, 2.24) is 0 Å². The van der Waals surface area contributed by atoms with E-state index in [4.69, 9.17) is 10.00 Å². The molecular formula is C8H13NO2. The minimum Gasteiger partial charge on any atom is -0.444 e. The van der Waals surface area contributed by atoms with Crippen LogP contribution in [0.2, 0.25) is 0 Å². The lowest BCUT2D eigenvalue weighted by Gasteiger charge is -2.19. The average molecular weight is 155 g/mol. The zero-order valence-electron chi connectivity index (χ0n) is 7.18. The van der Waals surface area contributed by atoms with Crippen molar-refractivity contribution in [2.24, 2.45) is 0 Å². The van der Waals surface area contributed by atoms with Gasteiger partial charge in [0.25, 0.3) is 0 Å². The second kappa shape index (κ2) is 3.97. The van der Waals surface area contributed by atoms with Crippen molar-refractivity contribution < 1.29 is 9.53 Å². The summed E-state index contributed by atoms with van der Waals surface area (Å²) in [6.45, 7) is 4.88. The van der Waals surface area contributed by atoms with Gasteiger partial charge in [0.15, 0.2) is 5.60 Å². The van der Waals surface area contributed by atoms with Crippen LogP contribution in [0.4, 0.5) is 0 Å². The molecule has 0 spiro atoms. The summed E-state index contributed by atoms with van der Waals surface area (Å²) in [6, 6.07) is 1.97. The Morgan fingerprint density at radius 1 is 1.73 bits per heavy atom. The third-order valence-corrected chi connectivity index (χ3v) is 1.33. The van der Waals surface area contributed by atoms with E-state index >= 15 is 0 Å². The summed E-state index contributed by atoms with van der Waals surface area (Å²) in [4.78, 5) is 10.5. The molecular weight excluding hydrogens is 142 g/mol. The molecule has 0 amide bonds. The quantitative estimate of drug-likeness (QED) is 0.582. The fraction of sp³-hybridized carbons (Fsp3) is 0.750. The molecule has 3 heteroatoms. The third-order valence-electron chi connectivity index (χ3n) is 1.33. The van der Waals surface area contributed by atoms with Gasteiger partial charge in [-0.3, -0.25) is 4.79 Å². The van der Waals surface area contributed by atoms with E-state index in [0.717, 1.165) is 6.42 Å². The molecule has 0 aliphatic heterocycles. The molecule has 62 valence electrons. The number of nitriles is 1. The zero-order chi connectivity index (χ0) is 8.91. The zero-order valence-corrected chi connectivity index (χ0v) is 7.18. The summed E-state index contributed by atoms with van der Waals surface area (Å²) in [5.41, 5.74) is -0.930. The molecule has 11 heavy (non-hydrogen) atoms. The van der Waals surface area contributed by atoms with Gasteiger partial charge >= 0.3 is 5.97 Å². The maximum absolute atomic E-state index is 10.5. The Labute approximate surface area is 67.0 Å². The van der Waals surface area contributed by atoms with Crippen LogP contribution in [0.3, 0.4) is 0 Å². The first-order valence-electron chi connectivity index (χ1n) is 3.65. The predicted octanol–water partition coefficient (Wildman–Crippen LogP) is 1.63. The highest BCUT2D eigenvalue weighted by Crippen LogP contribution is 2.16. The number of ether oxygens (including phenoxy) is 1. The third kappa shape index (κ3) is 3.61. The summed E-state index contributed by atoms with van der Waals surface area (Å²) in [6.07, 6.45) is 1.42.